The van der Waals surface area contributed by atoms with Gasteiger partial charge in [-0.25, -0.2) is 4.98 Å². The topological polar surface area (TPSA) is 35.2 Å². The normalized spacial score (nSPS) is 17.9. The van der Waals surface area contributed by atoms with Crippen molar-refractivity contribution in [2.45, 2.75) is 6.92 Å². The number of fused-ring (bicyclic) bond motifs is 1. The van der Waals surface area contributed by atoms with Crippen molar-refractivity contribution in [3.05, 3.63) is 24.0 Å². The number of benzene rings is 1. The van der Waals surface area contributed by atoms with E-state index in [9.17, 15) is 0 Å². The third-order valence-electron chi connectivity index (χ3n) is 3.45. The quantitative estimate of drug-likeness (QED) is 0.808. The van der Waals surface area contributed by atoms with E-state index >= 15 is 0 Å². The first-order chi connectivity index (χ1) is 8.22. The number of aromatic amines is 1. The average molecular weight is 230 g/mol. The number of aryl methyl sites for hydroxylation is 1. The van der Waals surface area contributed by atoms with Crippen LogP contribution in [0.4, 0.5) is 5.69 Å². The maximum atomic E-state index is 4.43. The Labute approximate surface area is 101 Å². The highest BCUT2D eigenvalue weighted by Gasteiger charge is 2.14. The minimum atomic E-state index is 0.982. The van der Waals surface area contributed by atoms with Crippen LogP contribution < -0.4 is 4.90 Å². The van der Waals surface area contributed by atoms with Crippen LogP contribution in [0.3, 0.4) is 0 Å². The summed E-state index contributed by atoms with van der Waals surface area (Å²) in [5.41, 5.74) is 3.49. The summed E-state index contributed by atoms with van der Waals surface area (Å²) in [6.07, 6.45) is 0. The van der Waals surface area contributed by atoms with Crippen LogP contribution >= 0.6 is 0 Å². The monoisotopic (exact) mass is 230 g/mol. The van der Waals surface area contributed by atoms with Crippen molar-refractivity contribution in [3.8, 4) is 0 Å². The molecule has 3 rings (SSSR count). The average Bonchev–Trinajstić information content (AvgIpc) is 2.69. The first kappa shape index (κ1) is 10.6. The first-order valence-corrected chi connectivity index (χ1v) is 6.12. The van der Waals surface area contributed by atoms with Crippen LogP contribution in [0.25, 0.3) is 11.0 Å². The van der Waals surface area contributed by atoms with Crippen molar-refractivity contribution in [3.63, 3.8) is 0 Å². The van der Waals surface area contributed by atoms with E-state index in [2.05, 4.69) is 45.0 Å². The van der Waals surface area contributed by atoms with Crippen LogP contribution in [0.1, 0.15) is 5.82 Å². The molecule has 1 N–H and O–H groups in total. The summed E-state index contributed by atoms with van der Waals surface area (Å²) in [6.45, 7) is 6.49. The minimum absolute atomic E-state index is 0.982. The van der Waals surface area contributed by atoms with Gasteiger partial charge in [0.1, 0.15) is 5.82 Å². The molecule has 17 heavy (non-hydrogen) atoms. The second kappa shape index (κ2) is 4.04. The highest BCUT2D eigenvalue weighted by atomic mass is 15.2. The Morgan fingerprint density at radius 3 is 2.71 bits per heavy atom. The molecule has 4 nitrogen and oxygen atoms in total. The zero-order valence-corrected chi connectivity index (χ0v) is 10.4. The Morgan fingerprint density at radius 2 is 1.94 bits per heavy atom. The standard InChI is InChI=1S/C13H18N4/c1-10-14-12-4-3-11(9-13(12)15-10)17-7-5-16(2)6-8-17/h3-4,9H,5-8H2,1-2H3,(H,14,15). The van der Waals surface area contributed by atoms with Crippen molar-refractivity contribution in [1.29, 1.82) is 0 Å². The molecule has 0 spiro atoms. The molecule has 0 unspecified atom stereocenters. The van der Waals surface area contributed by atoms with Gasteiger partial charge < -0.3 is 14.8 Å². The summed E-state index contributed by atoms with van der Waals surface area (Å²) in [6, 6.07) is 6.49. The fraction of sp³-hybridized carbons (Fsp3) is 0.462. The van der Waals surface area contributed by atoms with Crippen LogP contribution in [0.2, 0.25) is 0 Å². The number of imidazole rings is 1. The molecule has 1 aliphatic rings. The molecule has 0 aliphatic carbocycles. The summed E-state index contributed by atoms with van der Waals surface area (Å²) >= 11 is 0. The van der Waals surface area contributed by atoms with E-state index in [1.807, 2.05) is 6.92 Å². The molecule has 0 saturated carbocycles. The summed E-state index contributed by atoms with van der Waals surface area (Å²) in [4.78, 5) is 12.5. The van der Waals surface area contributed by atoms with Crippen LogP contribution in [0.15, 0.2) is 18.2 Å². The zero-order chi connectivity index (χ0) is 11.8. The molecule has 0 atom stereocenters. The van der Waals surface area contributed by atoms with Gasteiger partial charge in [0, 0.05) is 31.9 Å². The summed E-state index contributed by atoms with van der Waals surface area (Å²) in [5, 5.41) is 0. The molecule has 2 aromatic rings. The number of likely N-dealkylation sites (N-methyl/N-ethyl adjacent to an activating group) is 1. The molecule has 0 bridgehead atoms. The largest absolute Gasteiger partial charge is 0.369 e. The van der Waals surface area contributed by atoms with Crippen molar-refractivity contribution in [2.24, 2.45) is 0 Å². The highest BCUT2D eigenvalue weighted by molar-refractivity contribution is 5.79. The van der Waals surface area contributed by atoms with Gasteiger partial charge in [0.15, 0.2) is 0 Å². The molecule has 90 valence electrons. The Kier molecular flexibility index (Phi) is 2.52. The summed E-state index contributed by atoms with van der Waals surface area (Å²) in [7, 11) is 2.18. The molecule has 0 radical (unpaired) electrons. The number of anilines is 1. The van der Waals surface area contributed by atoms with Crippen molar-refractivity contribution < 1.29 is 0 Å². The van der Waals surface area contributed by atoms with Gasteiger partial charge in [-0.3, -0.25) is 0 Å². The van der Waals surface area contributed by atoms with Gasteiger partial charge in [-0.15, -0.1) is 0 Å². The van der Waals surface area contributed by atoms with Crippen LogP contribution in [0.5, 0.6) is 0 Å². The predicted molar refractivity (Wildman–Crippen MR) is 70.5 cm³/mol. The molecule has 1 aromatic heterocycles. The number of H-pyrrole nitrogens is 1. The third kappa shape index (κ3) is 2.00. The third-order valence-corrected chi connectivity index (χ3v) is 3.45. The fourth-order valence-electron chi connectivity index (χ4n) is 2.39. The molecule has 1 aliphatic heterocycles. The number of piperazine rings is 1. The maximum absolute atomic E-state index is 4.43. The number of nitrogens with one attached hydrogen (secondary N) is 1. The highest BCUT2D eigenvalue weighted by Crippen LogP contribution is 2.21. The number of rotatable bonds is 1. The number of nitrogens with zero attached hydrogens (tertiary/aromatic N) is 3. The second-order valence-electron chi connectivity index (χ2n) is 4.81. The van der Waals surface area contributed by atoms with E-state index < -0.39 is 0 Å². The molecule has 4 heteroatoms. The maximum Gasteiger partial charge on any atom is 0.104 e. The van der Waals surface area contributed by atoms with E-state index in [1.54, 1.807) is 0 Å². The minimum Gasteiger partial charge on any atom is -0.369 e. The smallest absolute Gasteiger partial charge is 0.104 e. The van der Waals surface area contributed by atoms with Gasteiger partial charge in [-0.05, 0) is 32.2 Å². The fourth-order valence-corrected chi connectivity index (χ4v) is 2.39. The molecule has 2 heterocycles. The lowest BCUT2D eigenvalue weighted by Crippen LogP contribution is -2.44. The molecular weight excluding hydrogens is 212 g/mol. The van der Waals surface area contributed by atoms with Gasteiger partial charge in [0.25, 0.3) is 0 Å². The van der Waals surface area contributed by atoms with Crippen LogP contribution in [-0.4, -0.2) is 48.1 Å². The van der Waals surface area contributed by atoms with E-state index in [1.165, 1.54) is 5.69 Å². The Morgan fingerprint density at radius 1 is 1.18 bits per heavy atom. The Hall–Kier alpha value is -1.55. The van der Waals surface area contributed by atoms with Crippen LogP contribution in [-0.2, 0) is 0 Å². The lowest BCUT2D eigenvalue weighted by Gasteiger charge is -2.34. The Bertz CT molecular complexity index is 523. The van der Waals surface area contributed by atoms with Crippen molar-refractivity contribution >= 4 is 16.7 Å². The molecule has 1 aromatic carbocycles. The van der Waals surface area contributed by atoms with E-state index in [-0.39, 0.29) is 0 Å². The second-order valence-corrected chi connectivity index (χ2v) is 4.81. The van der Waals surface area contributed by atoms with Gasteiger partial charge in [-0.2, -0.15) is 0 Å². The van der Waals surface area contributed by atoms with E-state index in [0.29, 0.717) is 0 Å². The molecule has 0 amide bonds. The zero-order valence-electron chi connectivity index (χ0n) is 10.4. The van der Waals surface area contributed by atoms with E-state index in [4.69, 9.17) is 0 Å². The Balaban J connectivity index is 1.89. The molecule has 1 fully saturated rings. The summed E-state index contributed by atoms with van der Waals surface area (Å²) in [5.74, 6) is 0.982. The van der Waals surface area contributed by atoms with Crippen molar-refractivity contribution in [1.82, 2.24) is 14.9 Å². The van der Waals surface area contributed by atoms with Gasteiger partial charge >= 0.3 is 0 Å². The lowest BCUT2D eigenvalue weighted by atomic mass is 10.2. The van der Waals surface area contributed by atoms with Gasteiger partial charge in [-0.1, -0.05) is 0 Å². The number of hydrogen-bond acceptors (Lipinski definition) is 3. The molecule has 1 saturated heterocycles. The molecular formula is C13H18N4. The SMILES string of the molecule is Cc1nc2ccc(N3CCN(C)CC3)cc2[nH]1. The predicted octanol–water partition coefficient (Wildman–Crippen LogP) is 1.62. The van der Waals surface area contributed by atoms with Gasteiger partial charge in [0.2, 0.25) is 0 Å². The van der Waals surface area contributed by atoms with Gasteiger partial charge in [0.05, 0.1) is 11.0 Å². The van der Waals surface area contributed by atoms with Crippen molar-refractivity contribution in [2.75, 3.05) is 38.1 Å². The number of hydrogen-bond donors (Lipinski definition) is 1. The summed E-state index contributed by atoms with van der Waals surface area (Å²) < 4.78 is 0. The lowest BCUT2D eigenvalue weighted by molar-refractivity contribution is 0.313. The van der Waals surface area contributed by atoms with E-state index in [0.717, 1.165) is 43.0 Å². The first-order valence-electron chi connectivity index (χ1n) is 6.12. The number of aromatic nitrogens is 2. The van der Waals surface area contributed by atoms with Crippen LogP contribution in [0, 0.1) is 6.92 Å².